The number of imidazole rings is 1. The normalized spacial score (nSPS) is 15.0. The standard InChI is InChI=1S/C15H20N4O2/c1-19-7-6-17-15(19)5-3-12(18-16)11-2-4-13-14(10-11)21-9-8-20-13/h2,4,6-7,10,12,18H,3,5,8-9,16H2,1H3. The second-order valence-electron chi connectivity index (χ2n) is 5.12. The van der Waals surface area contributed by atoms with E-state index in [-0.39, 0.29) is 6.04 Å². The van der Waals surface area contributed by atoms with Crippen LogP contribution in [0.15, 0.2) is 30.6 Å². The molecule has 1 aromatic heterocycles. The molecule has 1 aromatic carbocycles. The molecule has 0 fully saturated rings. The summed E-state index contributed by atoms with van der Waals surface area (Å²) in [4.78, 5) is 4.34. The van der Waals surface area contributed by atoms with Gasteiger partial charge in [0.05, 0.1) is 0 Å². The van der Waals surface area contributed by atoms with Crippen molar-refractivity contribution in [2.45, 2.75) is 18.9 Å². The zero-order valence-electron chi connectivity index (χ0n) is 12.1. The Morgan fingerprint density at radius 2 is 2.14 bits per heavy atom. The van der Waals surface area contributed by atoms with E-state index in [0.717, 1.165) is 35.7 Å². The van der Waals surface area contributed by atoms with Crippen LogP contribution >= 0.6 is 0 Å². The molecular weight excluding hydrogens is 268 g/mol. The molecule has 112 valence electrons. The van der Waals surface area contributed by atoms with Gasteiger partial charge in [-0.3, -0.25) is 11.3 Å². The van der Waals surface area contributed by atoms with Gasteiger partial charge in [0, 0.05) is 31.9 Å². The number of aryl methyl sites for hydroxylation is 2. The third-order valence-electron chi connectivity index (χ3n) is 3.75. The van der Waals surface area contributed by atoms with Crippen molar-refractivity contribution in [1.29, 1.82) is 0 Å². The molecule has 3 rings (SSSR count). The minimum atomic E-state index is 0.0533. The van der Waals surface area contributed by atoms with Gasteiger partial charge in [-0.05, 0) is 24.1 Å². The first-order valence-corrected chi connectivity index (χ1v) is 7.10. The van der Waals surface area contributed by atoms with Crippen LogP contribution in [0.1, 0.15) is 23.9 Å². The summed E-state index contributed by atoms with van der Waals surface area (Å²) in [6.07, 6.45) is 5.47. The van der Waals surface area contributed by atoms with Gasteiger partial charge in [-0.25, -0.2) is 4.98 Å². The second-order valence-corrected chi connectivity index (χ2v) is 5.12. The smallest absolute Gasteiger partial charge is 0.161 e. The maximum Gasteiger partial charge on any atom is 0.161 e. The van der Waals surface area contributed by atoms with Crippen molar-refractivity contribution >= 4 is 0 Å². The molecule has 3 N–H and O–H groups in total. The van der Waals surface area contributed by atoms with E-state index in [1.165, 1.54) is 0 Å². The Morgan fingerprint density at radius 3 is 2.86 bits per heavy atom. The maximum atomic E-state index is 5.71. The van der Waals surface area contributed by atoms with E-state index < -0.39 is 0 Å². The molecule has 0 radical (unpaired) electrons. The molecule has 0 bridgehead atoms. The fourth-order valence-electron chi connectivity index (χ4n) is 2.53. The molecule has 1 atom stereocenters. The Bertz CT molecular complexity index is 611. The van der Waals surface area contributed by atoms with Crippen LogP contribution in [-0.4, -0.2) is 22.8 Å². The van der Waals surface area contributed by atoms with Gasteiger partial charge in [-0.2, -0.15) is 0 Å². The molecule has 6 nitrogen and oxygen atoms in total. The molecule has 1 aliphatic rings. The van der Waals surface area contributed by atoms with Gasteiger partial charge in [-0.1, -0.05) is 6.07 Å². The van der Waals surface area contributed by atoms with Crippen molar-refractivity contribution in [3.05, 3.63) is 42.0 Å². The molecule has 21 heavy (non-hydrogen) atoms. The number of benzene rings is 1. The van der Waals surface area contributed by atoms with E-state index in [2.05, 4.69) is 10.4 Å². The molecule has 0 amide bonds. The largest absolute Gasteiger partial charge is 0.486 e. The SMILES string of the molecule is Cn1ccnc1CCC(NN)c1ccc2c(c1)OCCO2. The summed E-state index contributed by atoms with van der Waals surface area (Å²) in [6, 6.07) is 6.01. The monoisotopic (exact) mass is 288 g/mol. The highest BCUT2D eigenvalue weighted by Gasteiger charge is 2.16. The Labute approximate surface area is 123 Å². The second kappa shape index (κ2) is 6.15. The van der Waals surface area contributed by atoms with Crippen molar-refractivity contribution in [3.63, 3.8) is 0 Å². The van der Waals surface area contributed by atoms with E-state index in [9.17, 15) is 0 Å². The molecule has 2 heterocycles. The van der Waals surface area contributed by atoms with Crippen molar-refractivity contribution in [2.24, 2.45) is 12.9 Å². The highest BCUT2D eigenvalue weighted by Crippen LogP contribution is 2.33. The topological polar surface area (TPSA) is 74.3 Å². The number of ether oxygens (including phenoxy) is 2. The van der Waals surface area contributed by atoms with E-state index in [1.807, 2.05) is 42.2 Å². The molecule has 6 heteroatoms. The number of hydrogen-bond acceptors (Lipinski definition) is 5. The zero-order chi connectivity index (χ0) is 14.7. The summed E-state index contributed by atoms with van der Waals surface area (Å²) in [6.45, 7) is 1.19. The molecule has 0 spiro atoms. The number of nitrogens with two attached hydrogens (primary N) is 1. The minimum absolute atomic E-state index is 0.0533. The number of hydrogen-bond donors (Lipinski definition) is 2. The number of aromatic nitrogens is 2. The lowest BCUT2D eigenvalue weighted by Gasteiger charge is -2.22. The molecule has 2 aromatic rings. The van der Waals surface area contributed by atoms with Gasteiger partial charge in [-0.15, -0.1) is 0 Å². The van der Waals surface area contributed by atoms with Crippen LogP contribution in [0.2, 0.25) is 0 Å². The summed E-state index contributed by atoms with van der Waals surface area (Å²) < 4.78 is 13.2. The number of hydrazine groups is 1. The fourth-order valence-corrected chi connectivity index (χ4v) is 2.53. The van der Waals surface area contributed by atoms with E-state index in [0.29, 0.717) is 13.2 Å². The Kier molecular flexibility index (Phi) is 4.08. The van der Waals surface area contributed by atoms with Gasteiger partial charge in [0.2, 0.25) is 0 Å². The van der Waals surface area contributed by atoms with Crippen molar-refractivity contribution in [2.75, 3.05) is 13.2 Å². The Balaban J connectivity index is 1.72. The van der Waals surface area contributed by atoms with Crippen LogP contribution in [0, 0.1) is 0 Å². The summed E-state index contributed by atoms with van der Waals surface area (Å²) >= 11 is 0. The number of rotatable bonds is 5. The average molecular weight is 288 g/mol. The third-order valence-corrected chi connectivity index (χ3v) is 3.75. The van der Waals surface area contributed by atoms with Crippen LogP contribution in [0.3, 0.4) is 0 Å². The number of nitrogens with zero attached hydrogens (tertiary/aromatic N) is 2. The first-order valence-electron chi connectivity index (χ1n) is 7.10. The van der Waals surface area contributed by atoms with Gasteiger partial charge in [0.15, 0.2) is 11.5 Å². The molecule has 0 saturated heterocycles. The van der Waals surface area contributed by atoms with Gasteiger partial charge in [0.1, 0.15) is 19.0 Å². The lowest BCUT2D eigenvalue weighted by atomic mass is 10.0. The van der Waals surface area contributed by atoms with E-state index >= 15 is 0 Å². The predicted octanol–water partition coefficient (Wildman–Crippen LogP) is 1.33. The van der Waals surface area contributed by atoms with Crippen molar-refractivity contribution in [3.8, 4) is 11.5 Å². The van der Waals surface area contributed by atoms with Crippen LogP contribution in [0.4, 0.5) is 0 Å². The van der Waals surface area contributed by atoms with E-state index in [1.54, 1.807) is 0 Å². The number of nitrogens with one attached hydrogen (secondary N) is 1. The van der Waals surface area contributed by atoms with Gasteiger partial charge >= 0.3 is 0 Å². The van der Waals surface area contributed by atoms with Crippen LogP contribution in [-0.2, 0) is 13.5 Å². The predicted molar refractivity (Wildman–Crippen MR) is 79.0 cm³/mol. The van der Waals surface area contributed by atoms with E-state index in [4.69, 9.17) is 15.3 Å². The third kappa shape index (κ3) is 3.01. The Hall–Kier alpha value is -2.05. The summed E-state index contributed by atoms with van der Waals surface area (Å²) in [7, 11) is 2.00. The molecule has 0 saturated carbocycles. The summed E-state index contributed by atoms with van der Waals surface area (Å²) in [5.41, 5.74) is 3.97. The van der Waals surface area contributed by atoms with Crippen LogP contribution in [0.25, 0.3) is 0 Å². The molecule has 1 unspecified atom stereocenters. The zero-order valence-corrected chi connectivity index (χ0v) is 12.1. The lowest BCUT2D eigenvalue weighted by Crippen LogP contribution is -2.28. The van der Waals surface area contributed by atoms with Gasteiger partial charge in [0.25, 0.3) is 0 Å². The molecule has 1 aliphatic heterocycles. The quantitative estimate of drug-likeness (QED) is 0.641. The average Bonchev–Trinajstić information content (AvgIpc) is 2.93. The Morgan fingerprint density at radius 1 is 1.33 bits per heavy atom. The first-order chi connectivity index (χ1) is 10.3. The van der Waals surface area contributed by atoms with Crippen molar-refractivity contribution in [1.82, 2.24) is 15.0 Å². The molecule has 0 aliphatic carbocycles. The summed E-state index contributed by atoms with van der Waals surface area (Å²) in [5, 5.41) is 0. The molecular formula is C15H20N4O2. The van der Waals surface area contributed by atoms with Crippen LogP contribution in [0.5, 0.6) is 11.5 Å². The van der Waals surface area contributed by atoms with Crippen molar-refractivity contribution < 1.29 is 9.47 Å². The highest BCUT2D eigenvalue weighted by molar-refractivity contribution is 5.44. The highest BCUT2D eigenvalue weighted by atomic mass is 16.6. The summed E-state index contributed by atoms with van der Waals surface area (Å²) in [5.74, 6) is 8.34. The number of fused-ring (bicyclic) bond motifs is 1. The minimum Gasteiger partial charge on any atom is -0.486 e. The maximum absolute atomic E-state index is 5.71. The van der Waals surface area contributed by atoms with Crippen LogP contribution < -0.4 is 20.7 Å². The van der Waals surface area contributed by atoms with Gasteiger partial charge < -0.3 is 14.0 Å². The first kappa shape index (κ1) is 13.9. The fraction of sp³-hybridized carbons (Fsp3) is 0.400. The lowest BCUT2D eigenvalue weighted by molar-refractivity contribution is 0.171.